The molecule has 2 nitrogen and oxygen atoms in total. The minimum atomic E-state index is -4.13. The Morgan fingerprint density at radius 1 is 1.25 bits per heavy atom. The number of alkyl halides is 3. The Kier molecular flexibility index (Phi) is 3.49. The first kappa shape index (κ1) is 12.2. The van der Waals surface area contributed by atoms with Crippen LogP contribution in [-0.2, 0) is 4.79 Å². The third-order valence-corrected chi connectivity index (χ3v) is 4.03. The van der Waals surface area contributed by atoms with E-state index in [1.165, 1.54) is 0 Å². The van der Waals surface area contributed by atoms with Crippen LogP contribution in [0.25, 0.3) is 0 Å². The van der Waals surface area contributed by atoms with E-state index in [1.54, 1.807) is 0 Å². The van der Waals surface area contributed by atoms with Gasteiger partial charge in [0.2, 0.25) is 0 Å². The number of Topliss-reactive ketones (excluding diaryl/α,β-unsaturated/α-hetero) is 1. The third kappa shape index (κ3) is 2.91. The summed E-state index contributed by atoms with van der Waals surface area (Å²) < 4.78 is 35.9. The Balaban J connectivity index is 1.81. The number of fused-ring (bicyclic) bond motifs is 2. The molecule has 92 valence electrons. The summed E-state index contributed by atoms with van der Waals surface area (Å²) in [6.45, 7) is 0.451. The lowest BCUT2D eigenvalue weighted by Crippen LogP contribution is -2.44. The van der Waals surface area contributed by atoms with Gasteiger partial charge >= 0.3 is 5.51 Å². The average Bonchev–Trinajstić information content (AvgIpc) is 2.41. The fourth-order valence-corrected chi connectivity index (χ4v) is 3.23. The highest BCUT2D eigenvalue weighted by atomic mass is 32.2. The van der Waals surface area contributed by atoms with Gasteiger partial charge < -0.3 is 0 Å². The molecule has 2 saturated heterocycles. The number of nitrogens with zero attached hydrogens (tertiary/aromatic N) is 1. The first-order valence-corrected chi connectivity index (χ1v) is 6.42. The molecule has 0 aromatic rings. The van der Waals surface area contributed by atoms with Gasteiger partial charge in [-0.3, -0.25) is 9.69 Å². The normalized spacial score (nSPS) is 31.1. The van der Waals surface area contributed by atoms with E-state index in [1.807, 2.05) is 0 Å². The largest absolute Gasteiger partial charge is 0.441 e. The van der Waals surface area contributed by atoms with E-state index in [4.69, 9.17) is 0 Å². The van der Waals surface area contributed by atoms with Crippen LogP contribution in [0, 0.1) is 0 Å². The molecule has 0 spiro atoms. The number of hydrogen-bond acceptors (Lipinski definition) is 3. The van der Waals surface area contributed by atoms with Crippen LogP contribution < -0.4 is 0 Å². The molecule has 2 unspecified atom stereocenters. The first-order valence-electron chi connectivity index (χ1n) is 5.44. The minimum Gasteiger partial charge on any atom is -0.300 e. The maximum atomic E-state index is 12.0. The van der Waals surface area contributed by atoms with E-state index in [0.717, 1.165) is 12.8 Å². The number of carbonyl (C=O) groups excluding carboxylic acids is 1. The highest BCUT2D eigenvalue weighted by Gasteiger charge is 2.40. The number of ketones is 1. The predicted octanol–water partition coefficient (Wildman–Crippen LogP) is 2.44. The molecule has 6 heteroatoms. The van der Waals surface area contributed by atoms with Gasteiger partial charge in [-0.15, -0.1) is 0 Å². The lowest BCUT2D eigenvalue weighted by atomic mass is 10.0. The summed E-state index contributed by atoms with van der Waals surface area (Å²) in [5.74, 6) is 0.345. The van der Waals surface area contributed by atoms with Crippen molar-refractivity contribution in [2.24, 2.45) is 0 Å². The van der Waals surface area contributed by atoms with Crippen LogP contribution >= 0.6 is 11.8 Å². The Labute approximate surface area is 96.6 Å². The van der Waals surface area contributed by atoms with Crippen molar-refractivity contribution in [1.29, 1.82) is 0 Å². The monoisotopic (exact) mass is 253 g/mol. The lowest BCUT2D eigenvalue weighted by Gasteiger charge is -2.33. The van der Waals surface area contributed by atoms with Gasteiger partial charge in [0.1, 0.15) is 5.78 Å². The van der Waals surface area contributed by atoms with Gasteiger partial charge in [-0.05, 0) is 24.6 Å². The smallest absolute Gasteiger partial charge is 0.300 e. The van der Waals surface area contributed by atoms with Gasteiger partial charge in [0.15, 0.2) is 0 Å². The molecule has 0 saturated carbocycles. The molecule has 0 amide bonds. The summed E-state index contributed by atoms with van der Waals surface area (Å²) >= 11 is 0.0333. The van der Waals surface area contributed by atoms with Gasteiger partial charge in [-0.1, -0.05) is 0 Å². The van der Waals surface area contributed by atoms with Crippen molar-refractivity contribution in [3.63, 3.8) is 0 Å². The maximum absolute atomic E-state index is 12.0. The topological polar surface area (TPSA) is 20.3 Å². The molecule has 2 rings (SSSR count). The molecular formula is C10H14F3NOS. The standard InChI is InChI=1S/C10H14F3NOS/c11-10(12,13)16-4-3-14-7-1-2-8(14)6-9(15)5-7/h7-8H,1-6H2. The summed E-state index contributed by atoms with van der Waals surface area (Å²) in [7, 11) is 0. The number of carbonyl (C=O) groups is 1. The number of halogens is 3. The van der Waals surface area contributed by atoms with Gasteiger partial charge in [0.25, 0.3) is 0 Å². The Hall–Kier alpha value is -0.230. The molecule has 2 heterocycles. The van der Waals surface area contributed by atoms with Gasteiger partial charge in [0.05, 0.1) is 0 Å². The molecule has 2 aliphatic rings. The quantitative estimate of drug-likeness (QED) is 0.770. The van der Waals surface area contributed by atoms with Crippen LogP contribution in [0.3, 0.4) is 0 Å². The van der Waals surface area contributed by atoms with E-state index in [9.17, 15) is 18.0 Å². The Morgan fingerprint density at radius 2 is 1.81 bits per heavy atom. The SMILES string of the molecule is O=C1CC2CCC(C1)N2CCSC(F)(F)F. The van der Waals surface area contributed by atoms with E-state index < -0.39 is 5.51 Å². The molecule has 0 aromatic carbocycles. The highest BCUT2D eigenvalue weighted by molar-refractivity contribution is 8.00. The molecule has 0 aliphatic carbocycles. The van der Waals surface area contributed by atoms with Crippen molar-refractivity contribution in [3.8, 4) is 0 Å². The van der Waals surface area contributed by atoms with Gasteiger partial charge in [0, 0.05) is 37.2 Å². The van der Waals surface area contributed by atoms with Crippen LogP contribution in [0.1, 0.15) is 25.7 Å². The molecule has 2 aliphatic heterocycles. The van der Waals surface area contributed by atoms with E-state index >= 15 is 0 Å². The van der Waals surface area contributed by atoms with Crippen LogP contribution in [-0.4, -0.2) is 40.6 Å². The van der Waals surface area contributed by atoms with Crippen molar-refractivity contribution in [2.45, 2.75) is 43.3 Å². The molecule has 0 aromatic heterocycles. The zero-order valence-corrected chi connectivity index (χ0v) is 9.61. The molecule has 0 N–H and O–H groups in total. The highest BCUT2D eigenvalue weighted by Crippen LogP contribution is 2.35. The van der Waals surface area contributed by atoms with Gasteiger partial charge in [-0.2, -0.15) is 13.2 Å². The summed E-state index contributed by atoms with van der Waals surface area (Å²) in [6, 6.07) is 0.417. The predicted molar refractivity (Wildman–Crippen MR) is 56.3 cm³/mol. The maximum Gasteiger partial charge on any atom is 0.441 e. The van der Waals surface area contributed by atoms with E-state index in [-0.39, 0.29) is 35.4 Å². The molecule has 2 fully saturated rings. The summed E-state index contributed by atoms with van der Waals surface area (Å²) in [5, 5.41) is 0. The van der Waals surface area contributed by atoms with Crippen molar-refractivity contribution in [1.82, 2.24) is 4.90 Å². The van der Waals surface area contributed by atoms with Crippen LogP contribution in [0.4, 0.5) is 13.2 Å². The third-order valence-electron chi connectivity index (χ3n) is 3.31. The minimum absolute atomic E-state index is 0.0333. The van der Waals surface area contributed by atoms with Gasteiger partial charge in [-0.25, -0.2) is 0 Å². The molecule has 2 atom stereocenters. The lowest BCUT2D eigenvalue weighted by molar-refractivity contribution is -0.123. The van der Waals surface area contributed by atoms with Crippen LogP contribution in [0.5, 0.6) is 0 Å². The molecule has 16 heavy (non-hydrogen) atoms. The van der Waals surface area contributed by atoms with E-state index in [0.29, 0.717) is 19.4 Å². The summed E-state index contributed by atoms with van der Waals surface area (Å²) in [4.78, 5) is 13.4. The fraction of sp³-hybridized carbons (Fsp3) is 0.900. The van der Waals surface area contributed by atoms with Crippen LogP contribution in [0.2, 0.25) is 0 Å². The van der Waals surface area contributed by atoms with E-state index in [2.05, 4.69) is 4.90 Å². The fourth-order valence-electron chi connectivity index (χ4n) is 2.69. The number of rotatable bonds is 3. The average molecular weight is 253 g/mol. The van der Waals surface area contributed by atoms with Crippen molar-refractivity contribution in [2.75, 3.05) is 12.3 Å². The Morgan fingerprint density at radius 3 is 2.31 bits per heavy atom. The second-order valence-electron chi connectivity index (χ2n) is 4.36. The summed E-state index contributed by atoms with van der Waals surface area (Å²) in [6.07, 6.45) is 3.00. The van der Waals surface area contributed by atoms with Crippen LogP contribution in [0.15, 0.2) is 0 Å². The number of piperidine rings is 1. The van der Waals surface area contributed by atoms with Crippen molar-refractivity contribution in [3.05, 3.63) is 0 Å². The zero-order valence-electron chi connectivity index (χ0n) is 8.79. The summed E-state index contributed by atoms with van der Waals surface area (Å²) in [5.41, 5.74) is -4.13. The Bertz CT molecular complexity index is 266. The second-order valence-corrected chi connectivity index (χ2v) is 5.52. The molecule has 0 radical (unpaired) electrons. The molecule has 2 bridgehead atoms. The number of thioether (sulfide) groups is 1. The molecular weight excluding hydrogens is 239 g/mol. The van der Waals surface area contributed by atoms with Crippen molar-refractivity contribution < 1.29 is 18.0 Å². The number of hydrogen-bond donors (Lipinski definition) is 0. The second kappa shape index (κ2) is 4.56. The zero-order chi connectivity index (χ0) is 11.8. The van der Waals surface area contributed by atoms with Crippen molar-refractivity contribution >= 4 is 17.5 Å². The first-order chi connectivity index (χ1) is 7.46.